The Morgan fingerprint density at radius 1 is 1.24 bits per heavy atom. The van der Waals surface area contributed by atoms with E-state index in [0.29, 0.717) is 24.6 Å². The zero-order valence-electron chi connectivity index (χ0n) is 14.4. The number of amides is 1. The summed E-state index contributed by atoms with van der Waals surface area (Å²) in [6, 6.07) is 11.4. The quantitative estimate of drug-likeness (QED) is 0.768. The van der Waals surface area contributed by atoms with Crippen molar-refractivity contribution in [3.05, 3.63) is 58.8 Å². The van der Waals surface area contributed by atoms with Crippen LogP contribution in [0.3, 0.4) is 0 Å². The lowest BCUT2D eigenvalue weighted by Crippen LogP contribution is -2.25. The van der Waals surface area contributed by atoms with Crippen LogP contribution >= 0.6 is 0 Å². The molecule has 128 valence electrons. The number of phenolic OH excluding ortho intramolecular Hbond substituents is 1. The zero-order chi connectivity index (χ0) is 17.6. The van der Waals surface area contributed by atoms with Gasteiger partial charge in [0.15, 0.2) is 0 Å². The number of hydrogen-bond donors (Lipinski definition) is 2. The number of carbonyl (C=O) groups is 1. The van der Waals surface area contributed by atoms with Crippen molar-refractivity contribution in [2.45, 2.75) is 33.4 Å². The first kappa shape index (κ1) is 15.7. The number of nitrogens with one attached hydrogen (secondary N) is 1. The van der Waals surface area contributed by atoms with E-state index in [4.69, 9.17) is 0 Å². The highest BCUT2D eigenvalue weighted by molar-refractivity contribution is 6.01. The van der Waals surface area contributed by atoms with Gasteiger partial charge < -0.3 is 10.0 Å². The van der Waals surface area contributed by atoms with Gasteiger partial charge in [0.2, 0.25) is 0 Å². The largest absolute Gasteiger partial charge is 0.507 e. The third kappa shape index (κ3) is 2.76. The number of aromatic nitrogens is 2. The van der Waals surface area contributed by atoms with Crippen LogP contribution in [-0.2, 0) is 19.5 Å². The molecule has 2 heterocycles. The molecule has 0 bridgehead atoms. The van der Waals surface area contributed by atoms with Crippen molar-refractivity contribution in [2.75, 3.05) is 0 Å². The van der Waals surface area contributed by atoms with E-state index in [1.165, 1.54) is 11.1 Å². The molecule has 4 rings (SSSR count). The molecule has 1 aliphatic rings. The molecular formula is C20H21N3O2. The van der Waals surface area contributed by atoms with Crippen LogP contribution in [0.4, 0.5) is 0 Å². The summed E-state index contributed by atoms with van der Waals surface area (Å²) in [7, 11) is 0. The van der Waals surface area contributed by atoms with E-state index in [9.17, 15) is 9.90 Å². The monoisotopic (exact) mass is 335 g/mol. The van der Waals surface area contributed by atoms with Gasteiger partial charge in [-0.25, -0.2) is 0 Å². The van der Waals surface area contributed by atoms with Crippen molar-refractivity contribution in [1.82, 2.24) is 15.1 Å². The van der Waals surface area contributed by atoms with Crippen molar-refractivity contribution >= 4 is 16.8 Å². The van der Waals surface area contributed by atoms with Crippen LogP contribution in [0.15, 0.2) is 36.4 Å². The number of rotatable bonds is 3. The molecule has 0 unspecified atom stereocenters. The van der Waals surface area contributed by atoms with Crippen molar-refractivity contribution < 1.29 is 9.90 Å². The van der Waals surface area contributed by atoms with Crippen molar-refractivity contribution in [1.29, 1.82) is 0 Å². The summed E-state index contributed by atoms with van der Waals surface area (Å²) in [4.78, 5) is 14.7. The average molecular weight is 335 g/mol. The fourth-order valence-electron chi connectivity index (χ4n) is 3.47. The highest BCUT2D eigenvalue weighted by Gasteiger charge is 2.26. The predicted molar refractivity (Wildman–Crippen MR) is 96.3 cm³/mol. The molecule has 2 aromatic carbocycles. The Hall–Kier alpha value is -2.82. The first-order chi connectivity index (χ1) is 12.0. The Labute approximate surface area is 146 Å². The molecule has 1 amide bonds. The molecule has 1 aromatic heterocycles. The lowest BCUT2D eigenvalue weighted by Gasteiger charge is -2.16. The van der Waals surface area contributed by atoms with Gasteiger partial charge in [-0.15, -0.1) is 0 Å². The second-order valence-corrected chi connectivity index (χ2v) is 7.11. The minimum Gasteiger partial charge on any atom is -0.507 e. The van der Waals surface area contributed by atoms with Crippen LogP contribution in [0.1, 0.15) is 41.0 Å². The lowest BCUT2D eigenvalue weighted by atomic mass is 10.0. The Morgan fingerprint density at radius 3 is 2.56 bits per heavy atom. The molecule has 3 aromatic rings. The summed E-state index contributed by atoms with van der Waals surface area (Å²) in [6.07, 6.45) is 0.827. The number of H-pyrrole nitrogens is 1. The summed E-state index contributed by atoms with van der Waals surface area (Å²) in [5, 5.41) is 18.6. The number of benzene rings is 2. The van der Waals surface area contributed by atoms with Crippen LogP contribution in [0.2, 0.25) is 0 Å². The maximum atomic E-state index is 13.0. The molecule has 0 saturated carbocycles. The molecular weight excluding hydrogens is 314 g/mol. The van der Waals surface area contributed by atoms with Gasteiger partial charge in [0.25, 0.3) is 5.91 Å². The summed E-state index contributed by atoms with van der Waals surface area (Å²) in [6.45, 7) is 5.43. The standard InChI is InChI=1S/C20H21N3O2/c1-12(2)7-17-15-8-16(19(24)9-18(15)22-21-17)20(25)23-10-13-5-3-4-6-14(13)11-23/h3-6,8-9,12,24H,7,10-11H2,1-2H3,(H,21,22). The average Bonchev–Trinajstić information content (AvgIpc) is 3.17. The number of fused-ring (bicyclic) bond motifs is 2. The molecule has 25 heavy (non-hydrogen) atoms. The first-order valence-electron chi connectivity index (χ1n) is 8.59. The fourth-order valence-corrected chi connectivity index (χ4v) is 3.47. The summed E-state index contributed by atoms with van der Waals surface area (Å²) in [5.74, 6) is 0.313. The normalized spacial score (nSPS) is 13.6. The molecule has 5 heteroatoms. The SMILES string of the molecule is CC(C)Cc1n[nH]c2cc(O)c(C(=O)N3Cc4ccccc4C3)cc12. The summed E-state index contributed by atoms with van der Waals surface area (Å²) in [5.41, 5.74) is 4.37. The van der Waals surface area contributed by atoms with Crippen LogP contribution in [-0.4, -0.2) is 26.1 Å². The Morgan fingerprint density at radius 2 is 1.92 bits per heavy atom. The Bertz CT molecular complexity index is 934. The van der Waals surface area contributed by atoms with Gasteiger partial charge in [0, 0.05) is 24.5 Å². The maximum Gasteiger partial charge on any atom is 0.258 e. The summed E-state index contributed by atoms with van der Waals surface area (Å²) < 4.78 is 0. The molecule has 5 nitrogen and oxygen atoms in total. The molecule has 0 atom stereocenters. The number of aromatic hydroxyl groups is 1. The molecule has 0 aliphatic carbocycles. The van der Waals surface area contributed by atoms with Gasteiger partial charge in [0.05, 0.1) is 16.8 Å². The van der Waals surface area contributed by atoms with Crippen LogP contribution in [0, 0.1) is 5.92 Å². The van der Waals surface area contributed by atoms with Crippen molar-refractivity contribution in [3.63, 3.8) is 0 Å². The second-order valence-electron chi connectivity index (χ2n) is 7.11. The van der Waals surface area contributed by atoms with Crippen molar-refractivity contribution in [3.8, 4) is 5.75 Å². The molecule has 1 aliphatic heterocycles. The van der Waals surface area contributed by atoms with E-state index in [0.717, 1.165) is 23.0 Å². The van der Waals surface area contributed by atoms with Crippen LogP contribution in [0.25, 0.3) is 10.9 Å². The number of aromatic amines is 1. The van der Waals surface area contributed by atoms with Gasteiger partial charge in [-0.1, -0.05) is 38.1 Å². The number of phenols is 1. The van der Waals surface area contributed by atoms with E-state index in [-0.39, 0.29) is 11.7 Å². The van der Waals surface area contributed by atoms with Gasteiger partial charge in [-0.2, -0.15) is 5.10 Å². The smallest absolute Gasteiger partial charge is 0.258 e. The van der Waals surface area contributed by atoms with E-state index in [1.807, 2.05) is 24.3 Å². The molecule has 0 fully saturated rings. The van der Waals surface area contributed by atoms with Crippen molar-refractivity contribution in [2.24, 2.45) is 5.92 Å². The van der Waals surface area contributed by atoms with Gasteiger partial charge in [-0.3, -0.25) is 9.89 Å². The third-order valence-electron chi connectivity index (χ3n) is 4.72. The molecule has 2 N–H and O–H groups in total. The molecule has 0 radical (unpaired) electrons. The van der Waals surface area contributed by atoms with Gasteiger partial charge >= 0.3 is 0 Å². The van der Waals surface area contributed by atoms with E-state index in [1.54, 1.807) is 17.0 Å². The van der Waals surface area contributed by atoms with Crippen LogP contribution in [0.5, 0.6) is 5.75 Å². The zero-order valence-corrected chi connectivity index (χ0v) is 14.4. The number of hydrogen-bond acceptors (Lipinski definition) is 3. The van der Waals surface area contributed by atoms with E-state index >= 15 is 0 Å². The number of carbonyl (C=O) groups excluding carboxylic acids is 1. The minimum atomic E-state index is -0.146. The highest BCUT2D eigenvalue weighted by Crippen LogP contribution is 2.30. The topological polar surface area (TPSA) is 69.2 Å². The molecule has 0 spiro atoms. The number of nitrogens with zero attached hydrogens (tertiary/aromatic N) is 2. The second kappa shape index (κ2) is 5.92. The van der Waals surface area contributed by atoms with E-state index < -0.39 is 0 Å². The summed E-state index contributed by atoms with van der Waals surface area (Å²) >= 11 is 0. The predicted octanol–water partition coefficient (Wildman–Crippen LogP) is 3.62. The fraction of sp³-hybridized carbons (Fsp3) is 0.300. The lowest BCUT2D eigenvalue weighted by molar-refractivity contribution is 0.0748. The van der Waals surface area contributed by atoms with Crippen LogP contribution < -0.4 is 0 Å². The highest BCUT2D eigenvalue weighted by atomic mass is 16.3. The Balaban J connectivity index is 1.69. The van der Waals surface area contributed by atoms with Gasteiger partial charge in [0.1, 0.15) is 5.75 Å². The maximum absolute atomic E-state index is 13.0. The first-order valence-corrected chi connectivity index (χ1v) is 8.59. The Kier molecular flexibility index (Phi) is 3.71. The van der Waals surface area contributed by atoms with E-state index in [2.05, 4.69) is 24.0 Å². The molecule has 0 saturated heterocycles. The minimum absolute atomic E-state index is 0.00629. The van der Waals surface area contributed by atoms with Gasteiger partial charge in [-0.05, 0) is 29.5 Å². The third-order valence-corrected chi connectivity index (χ3v) is 4.72.